The average Bonchev–Trinajstić information content (AvgIpc) is 2.70. The number of hydrogen-bond donors (Lipinski definition) is 1. The van der Waals surface area contributed by atoms with Gasteiger partial charge in [-0.25, -0.2) is 0 Å². The predicted octanol–water partition coefficient (Wildman–Crippen LogP) is 2.22. The quantitative estimate of drug-likeness (QED) is 0.839. The summed E-state index contributed by atoms with van der Waals surface area (Å²) < 4.78 is 0. The van der Waals surface area contributed by atoms with E-state index in [1.165, 1.54) is 4.88 Å². The number of piperidine rings is 1. The van der Waals surface area contributed by atoms with Crippen molar-refractivity contribution in [1.29, 1.82) is 0 Å². The highest BCUT2D eigenvalue weighted by Gasteiger charge is 2.35. The standard InChI is InChI=1S/C11H15NO2S/c1-12-6-2-4-8(11(13)14)10(12)9-5-3-7-15-9/h3,5,7-8,10H,2,4,6H2,1H3,(H,13,14)/t8-,10-/m0/s1. The van der Waals surface area contributed by atoms with Gasteiger partial charge in [-0.1, -0.05) is 6.07 Å². The number of carboxylic acids is 1. The highest BCUT2D eigenvalue weighted by molar-refractivity contribution is 7.10. The van der Waals surface area contributed by atoms with Crippen molar-refractivity contribution in [2.75, 3.05) is 13.6 Å². The zero-order valence-corrected chi connectivity index (χ0v) is 9.54. The Kier molecular flexibility index (Phi) is 3.07. The van der Waals surface area contributed by atoms with E-state index < -0.39 is 5.97 Å². The van der Waals surface area contributed by atoms with Gasteiger partial charge in [0.15, 0.2) is 0 Å². The molecule has 0 spiro atoms. The topological polar surface area (TPSA) is 40.5 Å². The van der Waals surface area contributed by atoms with Gasteiger partial charge in [0.25, 0.3) is 0 Å². The molecule has 0 saturated carbocycles. The summed E-state index contributed by atoms with van der Waals surface area (Å²) >= 11 is 1.65. The Bertz CT molecular complexity index is 336. The Balaban J connectivity index is 2.26. The molecule has 15 heavy (non-hydrogen) atoms. The first-order valence-electron chi connectivity index (χ1n) is 5.16. The highest BCUT2D eigenvalue weighted by Crippen LogP contribution is 2.37. The number of rotatable bonds is 2. The van der Waals surface area contributed by atoms with Crippen molar-refractivity contribution in [3.05, 3.63) is 22.4 Å². The minimum atomic E-state index is -0.667. The SMILES string of the molecule is CN1CCC[C@H](C(=O)O)[C@H]1c1cccs1. The van der Waals surface area contributed by atoms with E-state index in [2.05, 4.69) is 4.90 Å². The van der Waals surface area contributed by atoms with Crippen LogP contribution >= 0.6 is 11.3 Å². The Morgan fingerprint density at radius 3 is 3.07 bits per heavy atom. The third kappa shape index (κ3) is 2.06. The third-order valence-electron chi connectivity index (χ3n) is 3.03. The molecule has 1 aliphatic rings. The first-order valence-corrected chi connectivity index (χ1v) is 6.04. The summed E-state index contributed by atoms with van der Waals surface area (Å²) in [6, 6.07) is 4.09. The molecule has 3 nitrogen and oxygen atoms in total. The molecule has 2 rings (SSSR count). The van der Waals surface area contributed by atoms with E-state index in [4.69, 9.17) is 0 Å². The van der Waals surface area contributed by atoms with E-state index in [1.54, 1.807) is 11.3 Å². The summed E-state index contributed by atoms with van der Waals surface area (Å²) in [5.41, 5.74) is 0. The fraction of sp³-hybridized carbons (Fsp3) is 0.545. The van der Waals surface area contributed by atoms with E-state index >= 15 is 0 Å². The zero-order valence-electron chi connectivity index (χ0n) is 8.72. The molecule has 1 aromatic rings. The van der Waals surface area contributed by atoms with Gasteiger partial charge in [-0.15, -0.1) is 11.3 Å². The van der Waals surface area contributed by atoms with E-state index in [-0.39, 0.29) is 12.0 Å². The molecular formula is C11H15NO2S. The molecular weight excluding hydrogens is 210 g/mol. The number of hydrogen-bond acceptors (Lipinski definition) is 3. The monoisotopic (exact) mass is 225 g/mol. The van der Waals surface area contributed by atoms with Crippen LogP contribution in [-0.4, -0.2) is 29.6 Å². The molecule has 1 aromatic heterocycles. The van der Waals surface area contributed by atoms with Crippen molar-refractivity contribution in [2.24, 2.45) is 5.92 Å². The van der Waals surface area contributed by atoms with E-state index in [0.717, 1.165) is 19.4 Å². The fourth-order valence-corrected chi connectivity index (χ4v) is 3.25. The predicted molar refractivity (Wildman–Crippen MR) is 60.0 cm³/mol. The van der Waals surface area contributed by atoms with Crippen LogP contribution in [0.25, 0.3) is 0 Å². The Morgan fingerprint density at radius 1 is 1.67 bits per heavy atom. The second kappa shape index (κ2) is 4.33. The first-order chi connectivity index (χ1) is 7.20. The van der Waals surface area contributed by atoms with Crippen LogP contribution in [0.5, 0.6) is 0 Å². The molecule has 0 bridgehead atoms. The van der Waals surface area contributed by atoms with Crippen LogP contribution < -0.4 is 0 Å². The molecule has 2 heterocycles. The maximum atomic E-state index is 11.2. The summed E-state index contributed by atoms with van der Waals surface area (Å²) in [6.07, 6.45) is 1.78. The molecule has 1 N–H and O–H groups in total. The van der Waals surface area contributed by atoms with Gasteiger partial charge in [0, 0.05) is 4.88 Å². The van der Waals surface area contributed by atoms with Gasteiger partial charge in [-0.2, -0.15) is 0 Å². The van der Waals surface area contributed by atoms with E-state index in [9.17, 15) is 9.90 Å². The van der Waals surface area contributed by atoms with Crippen molar-refractivity contribution in [2.45, 2.75) is 18.9 Å². The summed E-state index contributed by atoms with van der Waals surface area (Å²) in [6.45, 7) is 0.992. The van der Waals surface area contributed by atoms with Crippen LogP contribution in [-0.2, 0) is 4.79 Å². The lowest BCUT2D eigenvalue weighted by Crippen LogP contribution is -2.39. The zero-order chi connectivity index (χ0) is 10.8. The largest absolute Gasteiger partial charge is 0.481 e. The lowest BCUT2D eigenvalue weighted by molar-refractivity contribution is -0.145. The number of carboxylic acid groups (broad SMARTS) is 1. The maximum Gasteiger partial charge on any atom is 0.308 e. The van der Waals surface area contributed by atoms with Crippen molar-refractivity contribution in [1.82, 2.24) is 4.90 Å². The van der Waals surface area contributed by atoms with Gasteiger partial charge in [-0.05, 0) is 37.9 Å². The van der Waals surface area contributed by atoms with Crippen molar-refractivity contribution in [3.8, 4) is 0 Å². The van der Waals surface area contributed by atoms with E-state index in [0.29, 0.717) is 0 Å². The summed E-state index contributed by atoms with van der Waals surface area (Å²) in [4.78, 5) is 14.5. The van der Waals surface area contributed by atoms with Gasteiger partial charge in [-0.3, -0.25) is 9.69 Å². The Morgan fingerprint density at radius 2 is 2.47 bits per heavy atom. The van der Waals surface area contributed by atoms with Crippen molar-refractivity contribution in [3.63, 3.8) is 0 Å². The second-order valence-corrected chi connectivity index (χ2v) is 5.01. The number of carbonyl (C=O) groups is 1. The van der Waals surface area contributed by atoms with Gasteiger partial charge in [0.05, 0.1) is 12.0 Å². The molecule has 1 aliphatic heterocycles. The van der Waals surface area contributed by atoms with Crippen molar-refractivity contribution < 1.29 is 9.90 Å². The molecule has 2 atom stereocenters. The molecule has 0 radical (unpaired) electrons. The lowest BCUT2D eigenvalue weighted by atomic mass is 9.88. The van der Waals surface area contributed by atoms with E-state index in [1.807, 2.05) is 24.6 Å². The lowest BCUT2D eigenvalue weighted by Gasteiger charge is -2.36. The summed E-state index contributed by atoms with van der Waals surface area (Å²) in [7, 11) is 2.01. The van der Waals surface area contributed by atoms with Crippen LogP contribution in [0.2, 0.25) is 0 Å². The average molecular weight is 225 g/mol. The Labute approximate surface area is 93.3 Å². The van der Waals surface area contributed by atoms with Crippen LogP contribution in [0.3, 0.4) is 0 Å². The second-order valence-electron chi connectivity index (χ2n) is 4.03. The molecule has 0 aliphatic carbocycles. The molecule has 1 saturated heterocycles. The van der Waals surface area contributed by atoms with Gasteiger partial charge in [0.1, 0.15) is 0 Å². The Hall–Kier alpha value is -0.870. The fourth-order valence-electron chi connectivity index (χ4n) is 2.30. The van der Waals surface area contributed by atoms with Gasteiger partial charge >= 0.3 is 5.97 Å². The third-order valence-corrected chi connectivity index (χ3v) is 3.98. The van der Waals surface area contributed by atoms with Crippen LogP contribution in [0.15, 0.2) is 17.5 Å². The van der Waals surface area contributed by atoms with Crippen LogP contribution in [0, 0.1) is 5.92 Å². The molecule has 0 aromatic carbocycles. The molecule has 82 valence electrons. The molecule has 0 unspecified atom stereocenters. The number of likely N-dealkylation sites (tertiary alicyclic amines) is 1. The number of nitrogens with zero attached hydrogens (tertiary/aromatic N) is 1. The molecule has 4 heteroatoms. The van der Waals surface area contributed by atoms with Crippen LogP contribution in [0.1, 0.15) is 23.8 Å². The van der Waals surface area contributed by atoms with Crippen LogP contribution in [0.4, 0.5) is 0 Å². The van der Waals surface area contributed by atoms with Gasteiger partial charge < -0.3 is 5.11 Å². The molecule has 1 fully saturated rings. The molecule has 0 amide bonds. The first kappa shape index (κ1) is 10.6. The van der Waals surface area contributed by atoms with Crippen molar-refractivity contribution >= 4 is 17.3 Å². The minimum Gasteiger partial charge on any atom is -0.481 e. The smallest absolute Gasteiger partial charge is 0.308 e. The van der Waals surface area contributed by atoms with Gasteiger partial charge in [0.2, 0.25) is 0 Å². The summed E-state index contributed by atoms with van der Waals surface area (Å²) in [5.74, 6) is -0.914. The normalized spacial score (nSPS) is 27.8. The highest BCUT2D eigenvalue weighted by atomic mass is 32.1. The number of thiophene rings is 1. The minimum absolute atomic E-state index is 0.0660. The maximum absolute atomic E-state index is 11.2. The number of aliphatic carboxylic acids is 1. The summed E-state index contributed by atoms with van der Waals surface area (Å²) in [5, 5.41) is 11.2.